The number of aromatic nitrogens is 2. The molecule has 1 saturated carbocycles. The lowest BCUT2D eigenvalue weighted by Gasteiger charge is -2.11. The topological polar surface area (TPSA) is 47.0 Å². The van der Waals surface area contributed by atoms with Crippen LogP contribution in [0.15, 0.2) is 12.4 Å². The van der Waals surface area contributed by atoms with Gasteiger partial charge in [-0.2, -0.15) is 4.39 Å². The molecule has 1 heterocycles. The molecule has 1 aliphatic rings. The molecule has 4 nitrogen and oxygen atoms in total. The standard InChI is InChI=1S/C11H16FN3O/c12-10-7-11(15-8-14-10)13-5-6-16-9-3-1-2-4-9/h7-9H,1-6H2,(H,13,14,15). The molecule has 1 fully saturated rings. The maximum absolute atomic E-state index is 12.7. The van der Waals surface area contributed by atoms with Crippen molar-refractivity contribution in [2.45, 2.75) is 31.8 Å². The van der Waals surface area contributed by atoms with E-state index < -0.39 is 5.95 Å². The zero-order valence-corrected chi connectivity index (χ0v) is 9.16. The van der Waals surface area contributed by atoms with E-state index in [1.54, 1.807) is 0 Å². The zero-order chi connectivity index (χ0) is 11.2. The second-order valence-electron chi connectivity index (χ2n) is 3.93. The fourth-order valence-corrected chi connectivity index (χ4v) is 1.89. The highest BCUT2D eigenvalue weighted by Gasteiger charge is 2.14. The van der Waals surface area contributed by atoms with Crippen LogP contribution < -0.4 is 5.32 Å². The van der Waals surface area contributed by atoms with Crippen molar-refractivity contribution >= 4 is 5.82 Å². The first kappa shape index (κ1) is 11.3. The fourth-order valence-electron chi connectivity index (χ4n) is 1.89. The monoisotopic (exact) mass is 225 g/mol. The summed E-state index contributed by atoms with van der Waals surface area (Å²) in [6.45, 7) is 1.28. The van der Waals surface area contributed by atoms with Crippen LogP contribution >= 0.6 is 0 Å². The maximum Gasteiger partial charge on any atom is 0.217 e. The summed E-state index contributed by atoms with van der Waals surface area (Å²) in [5.41, 5.74) is 0. The van der Waals surface area contributed by atoms with Crippen LogP contribution in [-0.2, 0) is 4.74 Å². The van der Waals surface area contributed by atoms with Crippen molar-refractivity contribution in [3.8, 4) is 0 Å². The largest absolute Gasteiger partial charge is 0.376 e. The molecule has 1 aromatic rings. The molecule has 0 atom stereocenters. The van der Waals surface area contributed by atoms with Gasteiger partial charge in [-0.1, -0.05) is 12.8 Å². The van der Waals surface area contributed by atoms with E-state index in [0.717, 1.165) is 0 Å². The summed E-state index contributed by atoms with van der Waals surface area (Å²) in [4.78, 5) is 7.27. The average Bonchev–Trinajstić information content (AvgIpc) is 2.77. The molecule has 0 radical (unpaired) electrons. The number of nitrogens with zero attached hydrogens (tertiary/aromatic N) is 2. The van der Waals surface area contributed by atoms with Crippen LogP contribution in [0, 0.1) is 5.95 Å². The average molecular weight is 225 g/mol. The molecular weight excluding hydrogens is 209 g/mol. The Morgan fingerprint density at radius 2 is 2.19 bits per heavy atom. The van der Waals surface area contributed by atoms with Gasteiger partial charge >= 0.3 is 0 Å². The van der Waals surface area contributed by atoms with Crippen molar-refractivity contribution in [1.82, 2.24) is 9.97 Å². The Kier molecular flexibility index (Phi) is 4.04. The Labute approximate surface area is 94.2 Å². The summed E-state index contributed by atoms with van der Waals surface area (Å²) in [5.74, 6) is -0.0169. The third kappa shape index (κ3) is 3.41. The predicted molar refractivity (Wildman–Crippen MR) is 58.7 cm³/mol. The summed E-state index contributed by atoms with van der Waals surface area (Å²) in [7, 11) is 0. The van der Waals surface area contributed by atoms with Crippen LogP contribution in [0.5, 0.6) is 0 Å². The Hall–Kier alpha value is -1.23. The minimum absolute atomic E-state index is 0.420. The van der Waals surface area contributed by atoms with Gasteiger partial charge in [0.1, 0.15) is 12.1 Å². The van der Waals surface area contributed by atoms with E-state index in [-0.39, 0.29) is 0 Å². The van der Waals surface area contributed by atoms with Gasteiger partial charge in [-0.3, -0.25) is 0 Å². The van der Waals surface area contributed by atoms with Crippen molar-refractivity contribution in [3.63, 3.8) is 0 Å². The lowest BCUT2D eigenvalue weighted by molar-refractivity contribution is 0.0658. The lowest BCUT2D eigenvalue weighted by Crippen LogP contribution is -2.16. The van der Waals surface area contributed by atoms with Crippen LogP contribution in [0.4, 0.5) is 10.2 Å². The van der Waals surface area contributed by atoms with Crippen molar-refractivity contribution < 1.29 is 9.13 Å². The predicted octanol–water partition coefficient (Wildman–Crippen LogP) is 1.99. The highest BCUT2D eigenvalue weighted by Crippen LogP contribution is 2.20. The minimum Gasteiger partial charge on any atom is -0.376 e. The molecule has 16 heavy (non-hydrogen) atoms. The molecular formula is C11H16FN3O. The van der Waals surface area contributed by atoms with Gasteiger partial charge in [0.05, 0.1) is 12.7 Å². The van der Waals surface area contributed by atoms with Crippen molar-refractivity contribution in [2.75, 3.05) is 18.5 Å². The highest BCUT2D eigenvalue weighted by atomic mass is 19.1. The van der Waals surface area contributed by atoms with Gasteiger partial charge in [0, 0.05) is 12.6 Å². The summed E-state index contributed by atoms with van der Waals surface area (Å²) in [6.07, 6.45) is 6.51. The van der Waals surface area contributed by atoms with E-state index in [1.165, 1.54) is 38.1 Å². The lowest BCUT2D eigenvalue weighted by atomic mass is 10.3. The third-order valence-corrected chi connectivity index (χ3v) is 2.70. The van der Waals surface area contributed by atoms with Gasteiger partial charge in [0.15, 0.2) is 0 Å². The molecule has 1 aromatic heterocycles. The van der Waals surface area contributed by atoms with E-state index >= 15 is 0 Å². The molecule has 5 heteroatoms. The molecule has 0 amide bonds. The zero-order valence-electron chi connectivity index (χ0n) is 9.16. The number of nitrogens with one attached hydrogen (secondary N) is 1. The third-order valence-electron chi connectivity index (χ3n) is 2.70. The van der Waals surface area contributed by atoms with Gasteiger partial charge in [-0.05, 0) is 12.8 Å². The van der Waals surface area contributed by atoms with E-state index in [4.69, 9.17) is 4.74 Å². The summed E-state index contributed by atoms with van der Waals surface area (Å²) in [5, 5.41) is 2.99. The van der Waals surface area contributed by atoms with Crippen LogP contribution in [0.3, 0.4) is 0 Å². The van der Waals surface area contributed by atoms with Crippen molar-refractivity contribution in [1.29, 1.82) is 0 Å². The molecule has 0 unspecified atom stereocenters. The molecule has 0 bridgehead atoms. The molecule has 0 aliphatic heterocycles. The van der Waals surface area contributed by atoms with Gasteiger partial charge < -0.3 is 10.1 Å². The first-order valence-corrected chi connectivity index (χ1v) is 5.67. The van der Waals surface area contributed by atoms with Gasteiger partial charge in [0.2, 0.25) is 5.95 Å². The molecule has 88 valence electrons. The Morgan fingerprint density at radius 1 is 1.38 bits per heavy atom. The second-order valence-corrected chi connectivity index (χ2v) is 3.93. The highest BCUT2D eigenvalue weighted by molar-refractivity contribution is 5.31. The smallest absolute Gasteiger partial charge is 0.217 e. The SMILES string of the molecule is Fc1cc(NCCOC2CCCC2)ncn1. The summed E-state index contributed by atoms with van der Waals surface area (Å²) >= 11 is 0. The molecule has 1 N–H and O–H groups in total. The molecule has 0 saturated heterocycles. The molecule has 2 rings (SSSR count). The second kappa shape index (κ2) is 5.75. The summed E-state index contributed by atoms with van der Waals surface area (Å²) < 4.78 is 18.4. The van der Waals surface area contributed by atoms with E-state index in [2.05, 4.69) is 15.3 Å². The number of ether oxygens (including phenoxy) is 1. The Bertz CT molecular complexity index is 329. The Balaban J connectivity index is 1.64. The first-order valence-electron chi connectivity index (χ1n) is 5.67. The first-order chi connectivity index (χ1) is 7.84. The van der Waals surface area contributed by atoms with Crippen LogP contribution in [0.2, 0.25) is 0 Å². The Morgan fingerprint density at radius 3 is 2.94 bits per heavy atom. The minimum atomic E-state index is -0.519. The number of hydrogen-bond donors (Lipinski definition) is 1. The number of anilines is 1. The summed E-state index contributed by atoms with van der Waals surface area (Å²) in [6, 6.07) is 1.27. The van der Waals surface area contributed by atoms with Gasteiger partial charge in [-0.15, -0.1) is 0 Å². The van der Waals surface area contributed by atoms with Crippen molar-refractivity contribution in [3.05, 3.63) is 18.3 Å². The number of hydrogen-bond acceptors (Lipinski definition) is 4. The van der Waals surface area contributed by atoms with E-state index in [0.29, 0.717) is 25.1 Å². The van der Waals surface area contributed by atoms with Crippen LogP contribution in [-0.4, -0.2) is 29.2 Å². The van der Waals surface area contributed by atoms with E-state index in [1.807, 2.05) is 0 Å². The van der Waals surface area contributed by atoms with E-state index in [9.17, 15) is 4.39 Å². The van der Waals surface area contributed by atoms with Crippen molar-refractivity contribution in [2.24, 2.45) is 0 Å². The van der Waals surface area contributed by atoms with Gasteiger partial charge in [0.25, 0.3) is 0 Å². The number of halogens is 1. The van der Waals surface area contributed by atoms with Gasteiger partial charge in [-0.25, -0.2) is 9.97 Å². The quantitative estimate of drug-likeness (QED) is 0.615. The number of rotatable bonds is 5. The van der Waals surface area contributed by atoms with Crippen LogP contribution in [0.1, 0.15) is 25.7 Å². The molecule has 0 spiro atoms. The van der Waals surface area contributed by atoms with Crippen LogP contribution in [0.25, 0.3) is 0 Å². The maximum atomic E-state index is 12.7. The molecule has 1 aliphatic carbocycles. The fraction of sp³-hybridized carbons (Fsp3) is 0.636. The molecule has 0 aromatic carbocycles. The normalized spacial score (nSPS) is 16.6.